The third-order valence-electron chi connectivity index (χ3n) is 3.85. The van der Waals surface area contributed by atoms with Crippen molar-refractivity contribution in [3.05, 3.63) is 82.8 Å². The number of carbonyl (C=O) groups is 1. The van der Waals surface area contributed by atoms with E-state index in [0.717, 1.165) is 11.1 Å². The topological polar surface area (TPSA) is 38.3 Å². The summed E-state index contributed by atoms with van der Waals surface area (Å²) in [6, 6.07) is 22.7. The zero-order valence-electron chi connectivity index (χ0n) is 14.1. The fourth-order valence-corrected chi connectivity index (χ4v) is 2.80. The molecule has 0 spiro atoms. The Kier molecular flexibility index (Phi) is 5.82. The second-order valence-electron chi connectivity index (χ2n) is 5.74. The molecule has 3 aromatic carbocycles. The molecule has 3 nitrogen and oxygen atoms in total. The normalized spacial score (nSPS) is 11.7. The maximum absolute atomic E-state index is 12.3. The van der Waals surface area contributed by atoms with Gasteiger partial charge in [-0.15, -0.1) is 0 Å². The van der Waals surface area contributed by atoms with E-state index in [4.69, 9.17) is 27.9 Å². The largest absolute Gasteiger partial charge is 0.481 e. The summed E-state index contributed by atoms with van der Waals surface area (Å²) in [4.78, 5) is 12.3. The minimum absolute atomic E-state index is 0.304. The van der Waals surface area contributed by atoms with Gasteiger partial charge in [-0.05, 0) is 42.3 Å². The van der Waals surface area contributed by atoms with Crippen LogP contribution in [0.3, 0.4) is 0 Å². The molecule has 0 aliphatic carbocycles. The van der Waals surface area contributed by atoms with Crippen molar-refractivity contribution < 1.29 is 9.53 Å². The maximum atomic E-state index is 12.3. The van der Waals surface area contributed by atoms with Crippen LogP contribution in [-0.4, -0.2) is 12.0 Å². The Labute approximate surface area is 162 Å². The molecule has 0 bridgehead atoms. The van der Waals surface area contributed by atoms with Crippen molar-refractivity contribution in [3.63, 3.8) is 0 Å². The van der Waals surface area contributed by atoms with E-state index < -0.39 is 6.10 Å². The Balaban J connectivity index is 1.65. The van der Waals surface area contributed by atoms with Gasteiger partial charge in [0.15, 0.2) is 6.10 Å². The van der Waals surface area contributed by atoms with Gasteiger partial charge < -0.3 is 10.1 Å². The number of nitrogens with one attached hydrogen (secondary N) is 1. The fourth-order valence-electron chi connectivity index (χ4n) is 2.45. The lowest BCUT2D eigenvalue weighted by Crippen LogP contribution is -2.30. The number of amides is 1. The molecule has 1 atom stereocenters. The van der Waals surface area contributed by atoms with E-state index in [-0.39, 0.29) is 5.91 Å². The Hall–Kier alpha value is -2.49. The predicted molar refractivity (Wildman–Crippen MR) is 107 cm³/mol. The van der Waals surface area contributed by atoms with Crippen LogP contribution < -0.4 is 10.1 Å². The lowest BCUT2D eigenvalue weighted by molar-refractivity contribution is -0.122. The van der Waals surface area contributed by atoms with Crippen LogP contribution in [0.1, 0.15) is 6.92 Å². The molecule has 0 heterocycles. The summed E-state index contributed by atoms with van der Waals surface area (Å²) in [7, 11) is 0. The molecule has 0 saturated carbocycles. The van der Waals surface area contributed by atoms with E-state index >= 15 is 0 Å². The second kappa shape index (κ2) is 8.26. The highest BCUT2D eigenvalue weighted by atomic mass is 35.5. The molecule has 0 radical (unpaired) electrons. The van der Waals surface area contributed by atoms with Crippen molar-refractivity contribution in [1.82, 2.24) is 0 Å². The van der Waals surface area contributed by atoms with Crippen LogP contribution in [0.15, 0.2) is 72.8 Å². The molecule has 0 aromatic heterocycles. The van der Waals surface area contributed by atoms with Gasteiger partial charge >= 0.3 is 0 Å². The Bertz CT molecular complexity index is 896. The van der Waals surface area contributed by atoms with E-state index in [9.17, 15) is 4.79 Å². The fraction of sp³-hybridized carbons (Fsp3) is 0.0952. The lowest BCUT2D eigenvalue weighted by atomic mass is 10.1. The summed E-state index contributed by atoms with van der Waals surface area (Å²) in [5.74, 6) is 0.311. The van der Waals surface area contributed by atoms with Gasteiger partial charge in [0.2, 0.25) is 0 Å². The van der Waals surface area contributed by atoms with Crippen molar-refractivity contribution in [2.75, 3.05) is 5.32 Å². The van der Waals surface area contributed by atoms with Crippen LogP contribution in [0.25, 0.3) is 11.1 Å². The zero-order chi connectivity index (χ0) is 18.5. The number of benzene rings is 3. The third kappa shape index (κ3) is 4.37. The number of hydrogen-bond donors (Lipinski definition) is 1. The first-order valence-electron chi connectivity index (χ1n) is 8.11. The molecule has 0 aliphatic heterocycles. The van der Waals surface area contributed by atoms with Crippen LogP contribution in [0.2, 0.25) is 10.0 Å². The number of carbonyl (C=O) groups excluding carboxylic acids is 1. The molecule has 1 unspecified atom stereocenters. The van der Waals surface area contributed by atoms with E-state index in [0.29, 0.717) is 21.5 Å². The molecule has 0 fully saturated rings. The maximum Gasteiger partial charge on any atom is 0.265 e. The van der Waals surface area contributed by atoms with E-state index in [1.807, 2.05) is 54.6 Å². The van der Waals surface area contributed by atoms with Crippen LogP contribution in [0, 0.1) is 0 Å². The monoisotopic (exact) mass is 385 g/mol. The van der Waals surface area contributed by atoms with E-state index in [1.165, 1.54) is 0 Å². The number of halogens is 2. The highest BCUT2D eigenvalue weighted by Gasteiger charge is 2.17. The number of hydrogen-bond acceptors (Lipinski definition) is 2. The smallest absolute Gasteiger partial charge is 0.265 e. The van der Waals surface area contributed by atoms with Gasteiger partial charge in [-0.3, -0.25) is 4.79 Å². The highest BCUT2D eigenvalue weighted by Crippen LogP contribution is 2.29. The Morgan fingerprint density at radius 1 is 0.885 bits per heavy atom. The molecule has 1 amide bonds. The number of ether oxygens (including phenoxy) is 1. The molecule has 5 heteroatoms. The van der Waals surface area contributed by atoms with Gasteiger partial charge in [0.25, 0.3) is 5.91 Å². The number of rotatable bonds is 5. The van der Waals surface area contributed by atoms with Gasteiger partial charge in [-0.1, -0.05) is 71.7 Å². The molecule has 3 aromatic rings. The first-order chi connectivity index (χ1) is 12.5. The summed E-state index contributed by atoms with van der Waals surface area (Å²) >= 11 is 12.0. The summed E-state index contributed by atoms with van der Waals surface area (Å²) < 4.78 is 5.72. The van der Waals surface area contributed by atoms with E-state index in [1.54, 1.807) is 25.1 Å². The molecule has 1 N–H and O–H groups in total. The quantitative estimate of drug-likeness (QED) is 0.578. The van der Waals surface area contributed by atoms with Gasteiger partial charge in [0.1, 0.15) is 5.75 Å². The van der Waals surface area contributed by atoms with Crippen molar-refractivity contribution in [2.24, 2.45) is 0 Å². The van der Waals surface area contributed by atoms with Gasteiger partial charge in [-0.2, -0.15) is 0 Å². The molecule has 3 rings (SSSR count). The summed E-state index contributed by atoms with van der Waals surface area (Å²) in [5.41, 5.74) is 2.67. The minimum Gasteiger partial charge on any atom is -0.481 e. The zero-order valence-corrected chi connectivity index (χ0v) is 15.6. The van der Waals surface area contributed by atoms with Crippen molar-refractivity contribution in [3.8, 4) is 16.9 Å². The third-order valence-corrected chi connectivity index (χ3v) is 4.67. The van der Waals surface area contributed by atoms with Crippen LogP contribution in [-0.2, 0) is 4.79 Å². The van der Waals surface area contributed by atoms with Crippen LogP contribution in [0.5, 0.6) is 5.75 Å². The minimum atomic E-state index is -0.687. The highest BCUT2D eigenvalue weighted by molar-refractivity contribution is 6.44. The second-order valence-corrected chi connectivity index (χ2v) is 6.53. The van der Waals surface area contributed by atoms with Crippen molar-refractivity contribution in [2.45, 2.75) is 13.0 Å². The van der Waals surface area contributed by atoms with Gasteiger partial charge in [0, 0.05) is 0 Å². The molecule has 0 saturated heterocycles. The first kappa shape index (κ1) is 18.3. The SMILES string of the molecule is CC(Oc1ccc(-c2ccccc2)cc1)C(=O)Nc1cccc(Cl)c1Cl. The summed E-state index contributed by atoms with van der Waals surface area (Å²) in [5, 5.41) is 3.42. The number of anilines is 1. The van der Waals surface area contributed by atoms with Crippen LogP contribution in [0.4, 0.5) is 5.69 Å². The molecule has 132 valence electrons. The van der Waals surface area contributed by atoms with E-state index in [2.05, 4.69) is 5.32 Å². The van der Waals surface area contributed by atoms with Gasteiger partial charge in [0.05, 0.1) is 15.7 Å². The molecular weight excluding hydrogens is 369 g/mol. The molecule has 26 heavy (non-hydrogen) atoms. The van der Waals surface area contributed by atoms with Crippen molar-refractivity contribution in [1.29, 1.82) is 0 Å². The summed E-state index contributed by atoms with van der Waals surface area (Å²) in [6.07, 6.45) is -0.687. The average molecular weight is 386 g/mol. The standard InChI is InChI=1S/C21H17Cl2NO2/c1-14(21(25)24-19-9-5-8-18(22)20(19)23)26-17-12-10-16(11-13-17)15-6-3-2-4-7-15/h2-14H,1H3,(H,24,25). The molecular formula is C21H17Cl2NO2. The summed E-state index contributed by atoms with van der Waals surface area (Å²) in [6.45, 7) is 1.68. The van der Waals surface area contributed by atoms with Crippen LogP contribution >= 0.6 is 23.2 Å². The Morgan fingerprint density at radius 3 is 2.23 bits per heavy atom. The Morgan fingerprint density at radius 2 is 1.54 bits per heavy atom. The average Bonchev–Trinajstić information content (AvgIpc) is 2.66. The first-order valence-corrected chi connectivity index (χ1v) is 8.87. The van der Waals surface area contributed by atoms with Gasteiger partial charge in [-0.25, -0.2) is 0 Å². The molecule has 0 aliphatic rings. The predicted octanol–water partition coefficient (Wildman–Crippen LogP) is 6.07. The van der Waals surface area contributed by atoms with Crippen molar-refractivity contribution >= 4 is 34.8 Å². The lowest BCUT2D eigenvalue weighted by Gasteiger charge is -2.16.